The second-order valence-corrected chi connectivity index (χ2v) is 9.42. The Bertz CT molecular complexity index is 994. The first-order valence-corrected chi connectivity index (χ1v) is 11.5. The minimum Gasteiger partial charge on any atom is -0.360 e. The van der Waals surface area contributed by atoms with Crippen molar-refractivity contribution < 1.29 is 9.53 Å². The van der Waals surface area contributed by atoms with Gasteiger partial charge in [-0.05, 0) is 43.9 Å². The van der Waals surface area contributed by atoms with Gasteiger partial charge in [-0.25, -0.2) is 4.98 Å². The Morgan fingerprint density at radius 1 is 1.10 bits per heavy atom. The number of morpholine rings is 1. The zero-order chi connectivity index (χ0) is 20.6. The number of hydrogen-bond donors (Lipinski definition) is 0. The van der Waals surface area contributed by atoms with Crippen LogP contribution in [-0.4, -0.2) is 53.7 Å². The minimum absolute atomic E-state index is 0.0196. The molecule has 1 amide bonds. The number of carbonyl (C=O) groups excluding carboxylic acids is 1. The zero-order valence-corrected chi connectivity index (χ0v) is 18.1. The highest BCUT2D eigenvalue weighted by Crippen LogP contribution is 2.37. The molecule has 6 heteroatoms. The second-order valence-electron chi connectivity index (χ2n) is 8.41. The van der Waals surface area contributed by atoms with Crippen LogP contribution in [0.3, 0.4) is 0 Å². The van der Waals surface area contributed by atoms with Crippen molar-refractivity contribution in [3.63, 3.8) is 0 Å². The average Bonchev–Trinajstić information content (AvgIpc) is 3.21. The van der Waals surface area contributed by atoms with E-state index >= 15 is 0 Å². The maximum Gasteiger partial charge on any atom is 0.257 e. The van der Waals surface area contributed by atoms with Crippen molar-refractivity contribution in [2.75, 3.05) is 31.1 Å². The fourth-order valence-electron chi connectivity index (χ4n) is 4.58. The first kappa shape index (κ1) is 19.7. The maximum absolute atomic E-state index is 12.9. The van der Waals surface area contributed by atoms with E-state index in [9.17, 15) is 4.79 Å². The molecule has 0 N–H and O–H groups in total. The van der Waals surface area contributed by atoms with E-state index in [2.05, 4.69) is 41.3 Å². The van der Waals surface area contributed by atoms with Gasteiger partial charge in [-0.1, -0.05) is 53.8 Å². The van der Waals surface area contributed by atoms with Crippen molar-refractivity contribution in [1.82, 2.24) is 9.88 Å². The number of anilines is 1. The van der Waals surface area contributed by atoms with Crippen LogP contribution in [0.15, 0.2) is 54.6 Å². The number of rotatable bonds is 4. The maximum atomic E-state index is 12.9. The van der Waals surface area contributed by atoms with E-state index in [-0.39, 0.29) is 11.5 Å². The van der Waals surface area contributed by atoms with Crippen molar-refractivity contribution >= 4 is 32.6 Å². The molecule has 5 nitrogen and oxygen atoms in total. The van der Waals surface area contributed by atoms with Crippen molar-refractivity contribution in [3.8, 4) is 0 Å². The summed E-state index contributed by atoms with van der Waals surface area (Å²) in [6.07, 6.45) is 2.53. The lowest BCUT2D eigenvalue weighted by atomic mass is 9.88. The summed E-state index contributed by atoms with van der Waals surface area (Å²) in [7, 11) is 0. The van der Waals surface area contributed by atoms with Crippen LogP contribution in [0.25, 0.3) is 10.2 Å². The fourth-order valence-corrected chi connectivity index (χ4v) is 5.55. The molecule has 0 aliphatic carbocycles. The Labute approximate surface area is 181 Å². The van der Waals surface area contributed by atoms with Crippen LogP contribution in [0.4, 0.5) is 5.13 Å². The van der Waals surface area contributed by atoms with E-state index in [1.807, 2.05) is 30.0 Å². The van der Waals surface area contributed by atoms with Gasteiger partial charge in [0.25, 0.3) is 5.91 Å². The molecule has 2 aromatic carbocycles. The molecule has 1 aromatic heterocycles. The highest BCUT2D eigenvalue weighted by atomic mass is 32.1. The number of aromatic nitrogens is 1. The number of thiazole rings is 1. The van der Waals surface area contributed by atoms with Crippen molar-refractivity contribution in [2.24, 2.45) is 0 Å². The number of piperidine rings is 1. The summed E-state index contributed by atoms with van der Waals surface area (Å²) >= 11 is 1.59. The average molecular weight is 422 g/mol. The van der Waals surface area contributed by atoms with Gasteiger partial charge < -0.3 is 9.64 Å². The van der Waals surface area contributed by atoms with Crippen LogP contribution >= 0.6 is 11.3 Å². The number of benzene rings is 2. The van der Waals surface area contributed by atoms with Crippen LogP contribution in [0.5, 0.6) is 0 Å². The number of nitrogens with zero attached hydrogens (tertiary/aromatic N) is 3. The Morgan fingerprint density at radius 3 is 2.60 bits per heavy atom. The van der Waals surface area contributed by atoms with E-state index in [0.717, 1.165) is 54.2 Å². The zero-order valence-electron chi connectivity index (χ0n) is 17.3. The predicted octanol–water partition coefficient (Wildman–Crippen LogP) is 4.13. The Hall–Kier alpha value is -2.28. The summed E-state index contributed by atoms with van der Waals surface area (Å²) in [5.74, 6) is 0.0196. The molecule has 0 saturated carbocycles. The van der Waals surface area contributed by atoms with Gasteiger partial charge in [0.05, 0.1) is 22.4 Å². The molecule has 2 fully saturated rings. The van der Waals surface area contributed by atoms with Gasteiger partial charge in [-0.3, -0.25) is 9.69 Å². The largest absolute Gasteiger partial charge is 0.360 e. The Balaban J connectivity index is 1.27. The Kier molecular flexibility index (Phi) is 5.31. The van der Waals surface area contributed by atoms with Gasteiger partial charge in [0.2, 0.25) is 0 Å². The molecule has 2 aliphatic heterocycles. The highest BCUT2D eigenvalue weighted by Gasteiger charge is 2.46. The van der Waals surface area contributed by atoms with Crippen molar-refractivity contribution in [3.05, 3.63) is 60.2 Å². The second kappa shape index (κ2) is 8.10. The van der Waals surface area contributed by atoms with Gasteiger partial charge in [0, 0.05) is 19.6 Å². The SMILES string of the molecule is CC1OC2(CCN(CCc3ccccc3)CC2)CN(c2nc3ccccc3s2)C1=O. The smallest absolute Gasteiger partial charge is 0.257 e. The molecule has 1 unspecified atom stereocenters. The molecular weight excluding hydrogens is 394 g/mol. The molecule has 1 atom stereocenters. The molecular formula is C24H27N3O2S. The number of carbonyl (C=O) groups is 1. The lowest BCUT2D eigenvalue weighted by Gasteiger charge is -2.48. The van der Waals surface area contributed by atoms with Gasteiger partial charge in [0.15, 0.2) is 5.13 Å². The third kappa shape index (κ3) is 3.87. The number of para-hydroxylation sites is 1. The van der Waals surface area contributed by atoms with E-state index in [1.165, 1.54) is 5.56 Å². The molecule has 156 valence electrons. The fraction of sp³-hybridized carbons (Fsp3) is 0.417. The third-order valence-electron chi connectivity index (χ3n) is 6.33. The number of amides is 1. The lowest BCUT2D eigenvalue weighted by molar-refractivity contribution is -0.161. The summed E-state index contributed by atoms with van der Waals surface area (Å²) < 4.78 is 7.44. The van der Waals surface area contributed by atoms with Gasteiger partial charge in [-0.2, -0.15) is 0 Å². The number of fused-ring (bicyclic) bond motifs is 1. The summed E-state index contributed by atoms with van der Waals surface area (Å²) in [4.78, 5) is 22.0. The van der Waals surface area contributed by atoms with Crippen molar-refractivity contribution in [1.29, 1.82) is 0 Å². The van der Waals surface area contributed by atoms with Gasteiger partial charge >= 0.3 is 0 Å². The Morgan fingerprint density at radius 2 is 1.83 bits per heavy atom. The van der Waals surface area contributed by atoms with Crippen molar-refractivity contribution in [2.45, 2.75) is 37.9 Å². The van der Waals surface area contributed by atoms with E-state index in [1.54, 1.807) is 11.3 Å². The molecule has 30 heavy (non-hydrogen) atoms. The van der Waals surface area contributed by atoms with E-state index in [0.29, 0.717) is 6.54 Å². The van der Waals surface area contributed by atoms with Crippen LogP contribution in [0.2, 0.25) is 0 Å². The normalized spacial score (nSPS) is 22.1. The molecule has 2 saturated heterocycles. The number of hydrogen-bond acceptors (Lipinski definition) is 5. The molecule has 1 spiro atoms. The molecule has 3 aromatic rings. The minimum atomic E-state index is -0.429. The molecule has 5 rings (SSSR count). The molecule has 0 bridgehead atoms. The third-order valence-corrected chi connectivity index (χ3v) is 7.39. The van der Waals surface area contributed by atoms with E-state index in [4.69, 9.17) is 9.72 Å². The van der Waals surface area contributed by atoms with E-state index < -0.39 is 6.10 Å². The first-order valence-electron chi connectivity index (χ1n) is 10.7. The van der Waals surface area contributed by atoms with Crippen LogP contribution < -0.4 is 4.90 Å². The standard InChI is InChI=1S/C24H27N3O2S/c1-18-22(28)27(23-25-20-9-5-6-10-21(20)30-23)17-24(29-18)12-15-26(16-13-24)14-11-19-7-3-2-4-8-19/h2-10,18H,11-17H2,1H3. The number of likely N-dealkylation sites (tertiary alicyclic amines) is 1. The quantitative estimate of drug-likeness (QED) is 0.636. The topological polar surface area (TPSA) is 45.7 Å². The van der Waals surface area contributed by atoms with Gasteiger partial charge in [0.1, 0.15) is 6.10 Å². The highest BCUT2D eigenvalue weighted by molar-refractivity contribution is 7.22. The van der Waals surface area contributed by atoms with Crippen LogP contribution in [-0.2, 0) is 16.0 Å². The molecule has 0 radical (unpaired) electrons. The molecule has 3 heterocycles. The summed E-state index contributed by atoms with van der Waals surface area (Å²) in [6, 6.07) is 18.7. The first-order chi connectivity index (χ1) is 14.6. The summed E-state index contributed by atoms with van der Waals surface area (Å²) in [5, 5.41) is 0.794. The monoisotopic (exact) mass is 421 g/mol. The van der Waals surface area contributed by atoms with Crippen LogP contribution in [0, 0.1) is 0 Å². The number of ether oxygens (including phenoxy) is 1. The molecule has 2 aliphatic rings. The lowest BCUT2D eigenvalue weighted by Crippen LogP contribution is -2.61. The van der Waals surface area contributed by atoms with Gasteiger partial charge in [-0.15, -0.1) is 0 Å². The van der Waals surface area contributed by atoms with Crippen LogP contribution in [0.1, 0.15) is 25.3 Å². The predicted molar refractivity (Wildman–Crippen MR) is 121 cm³/mol. The summed E-state index contributed by atoms with van der Waals surface area (Å²) in [6.45, 7) is 5.55. The summed E-state index contributed by atoms with van der Waals surface area (Å²) in [5.41, 5.74) is 2.07.